The number of anilines is 3. The normalized spacial score (nSPS) is 18.4. The number of carbonyl (C=O) groups excluding carboxylic acids is 1. The molecule has 0 bridgehead atoms. The summed E-state index contributed by atoms with van der Waals surface area (Å²) in [4.78, 5) is 18.3. The molecule has 4 rings (SSSR count). The number of morpholine rings is 1. The van der Waals surface area contributed by atoms with Crippen LogP contribution in [0.15, 0.2) is 35.7 Å². The van der Waals surface area contributed by atoms with Gasteiger partial charge in [-0.15, -0.1) is 11.3 Å². The van der Waals surface area contributed by atoms with E-state index < -0.39 is 0 Å². The van der Waals surface area contributed by atoms with Crippen LogP contribution in [0.1, 0.15) is 5.56 Å². The van der Waals surface area contributed by atoms with Crippen molar-refractivity contribution < 1.29 is 9.53 Å². The van der Waals surface area contributed by atoms with Gasteiger partial charge in [0.15, 0.2) is 5.11 Å². The molecule has 2 saturated heterocycles. The molecule has 5 nitrogen and oxygen atoms in total. The summed E-state index contributed by atoms with van der Waals surface area (Å²) >= 11 is 7.10. The lowest BCUT2D eigenvalue weighted by molar-refractivity contribution is -0.115. The molecule has 0 saturated carbocycles. The summed E-state index contributed by atoms with van der Waals surface area (Å²) in [7, 11) is 0. The molecule has 0 unspecified atom stereocenters. The van der Waals surface area contributed by atoms with Crippen molar-refractivity contribution in [1.82, 2.24) is 0 Å². The number of hydrogen-bond donors (Lipinski definition) is 0. The Morgan fingerprint density at radius 3 is 2.68 bits per heavy atom. The molecular weight excluding hydrogens is 354 g/mol. The van der Waals surface area contributed by atoms with E-state index in [1.807, 2.05) is 22.4 Å². The zero-order valence-corrected chi connectivity index (χ0v) is 15.6. The third-order valence-electron chi connectivity index (χ3n) is 4.54. The average Bonchev–Trinajstić information content (AvgIpc) is 3.23. The molecule has 0 atom stereocenters. The van der Waals surface area contributed by atoms with E-state index in [4.69, 9.17) is 17.0 Å². The van der Waals surface area contributed by atoms with Gasteiger partial charge in [-0.2, -0.15) is 0 Å². The number of amides is 1. The lowest BCUT2D eigenvalue weighted by Crippen LogP contribution is -2.36. The maximum Gasteiger partial charge on any atom is 0.254 e. The minimum atomic E-state index is 0.0161. The van der Waals surface area contributed by atoms with Gasteiger partial charge in [0.25, 0.3) is 5.91 Å². The van der Waals surface area contributed by atoms with Crippen LogP contribution < -0.4 is 14.7 Å². The van der Waals surface area contributed by atoms with Gasteiger partial charge in [-0.3, -0.25) is 4.79 Å². The number of carbonyl (C=O) groups is 1. The van der Waals surface area contributed by atoms with Crippen molar-refractivity contribution in [1.29, 1.82) is 0 Å². The first kappa shape index (κ1) is 16.5. The Labute approximate surface area is 156 Å². The minimum absolute atomic E-state index is 0.0161. The fourth-order valence-corrected chi connectivity index (χ4v) is 4.46. The monoisotopic (exact) mass is 373 g/mol. The molecule has 1 aromatic heterocycles. The van der Waals surface area contributed by atoms with Gasteiger partial charge in [0.2, 0.25) is 0 Å². The molecule has 0 N–H and O–H groups in total. The van der Waals surface area contributed by atoms with Crippen LogP contribution >= 0.6 is 23.6 Å². The summed E-state index contributed by atoms with van der Waals surface area (Å²) in [6.45, 7) is 5.74. The first-order valence-corrected chi connectivity index (χ1v) is 9.55. The number of benzene rings is 1. The summed E-state index contributed by atoms with van der Waals surface area (Å²) in [5.74, 6) is 0.0161. The van der Waals surface area contributed by atoms with Crippen molar-refractivity contribution >= 4 is 51.0 Å². The standard InChI is InChI=1S/C18H19N3O2S2/c1-13-11-14(4-5-15(13)19-6-8-23-9-7-19)20-12-16(22)21(18(20)24)17-3-2-10-25-17/h2-5,10-11H,6-9,12H2,1H3. The predicted octanol–water partition coefficient (Wildman–Crippen LogP) is 3.03. The third kappa shape index (κ3) is 3.03. The van der Waals surface area contributed by atoms with Gasteiger partial charge in [0.1, 0.15) is 11.5 Å². The second kappa shape index (κ2) is 6.74. The summed E-state index contributed by atoms with van der Waals surface area (Å²) in [6.07, 6.45) is 0. The van der Waals surface area contributed by atoms with Crippen LogP contribution in [-0.2, 0) is 9.53 Å². The van der Waals surface area contributed by atoms with Crippen LogP contribution in [0.2, 0.25) is 0 Å². The summed E-state index contributed by atoms with van der Waals surface area (Å²) in [6, 6.07) is 10.1. The van der Waals surface area contributed by atoms with E-state index in [0.29, 0.717) is 5.11 Å². The lowest BCUT2D eigenvalue weighted by Gasteiger charge is -2.30. The quantitative estimate of drug-likeness (QED) is 0.773. The Bertz CT molecular complexity index is 801. The third-order valence-corrected chi connectivity index (χ3v) is 5.79. The first-order chi connectivity index (χ1) is 12.1. The number of nitrogens with zero attached hydrogens (tertiary/aromatic N) is 3. The summed E-state index contributed by atoms with van der Waals surface area (Å²) in [5, 5.41) is 3.37. The minimum Gasteiger partial charge on any atom is -0.378 e. The van der Waals surface area contributed by atoms with E-state index in [2.05, 4.69) is 30.0 Å². The molecule has 0 aliphatic carbocycles. The molecule has 0 radical (unpaired) electrons. The van der Waals surface area contributed by atoms with Crippen LogP contribution in [0.4, 0.5) is 16.4 Å². The highest BCUT2D eigenvalue weighted by molar-refractivity contribution is 7.81. The van der Waals surface area contributed by atoms with Gasteiger partial charge in [-0.1, -0.05) is 0 Å². The SMILES string of the molecule is Cc1cc(N2CC(=O)N(c3cccs3)C2=S)ccc1N1CCOCC1. The molecule has 3 heterocycles. The second-order valence-electron chi connectivity index (χ2n) is 6.12. The first-order valence-electron chi connectivity index (χ1n) is 8.26. The summed E-state index contributed by atoms with van der Waals surface area (Å²) < 4.78 is 5.43. The number of ether oxygens (including phenoxy) is 1. The maximum absolute atomic E-state index is 12.4. The molecule has 1 aromatic carbocycles. The Morgan fingerprint density at radius 2 is 2.00 bits per heavy atom. The van der Waals surface area contributed by atoms with Gasteiger partial charge in [0.05, 0.1) is 13.2 Å². The maximum atomic E-state index is 12.4. The highest BCUT2D eigenvalue weighted by atomic mass is 32.1. The van der Waals surface area contributed by atoms with Crippen molar-refractivity contribution in [2.24, 2.45) is 0 Å². The van der Waals surface area contributed by atoms with Gasteiger partial charge < -0.3 is 14.5 Å². The smallest absolute Gasteiger partial charge is 0.254 e. The van der Waals surface area contributed by atoms with E-state index in [1.54, 1.807) is 4.90 Å². The van der Waals surface area contributed by atoms with E-state index in [0.717, 1.165) is 37.0 Å². The topological polar surface area (TPSA) is 36.0 Å². The molecule has 25 heavy (non-hydrogen) atoms. The fourth-order valence-electron chi connectivity index (χ4n) is 3.28. The van der Waals surface area contributed by atoms with Gasteiger partial charge >= 0.3 is 0 Å². The molecule has 2 aromatic rings. The molecule has 7 heteroatoms. The number of aryl methyl sites for hydroxylation is 1. The van der Waals surface area contributed by atoms with E-state index in [9.17, 15) is 4.79 Å². The molecule has 2 aliphatic heterocycles. The van der Waals surface area contributed by atoms with Crippen LogP contribution in [0.25, 0.3) is 0 Å². The van der Waals surface area contributed by atoms with E-state index in [1.165, 1.54) is 22.6 Å². The van der Waals surface area contributed by atoms with Crippen molar-refractivity contribution in [3.8, 4) is 0 Å². The number of thiocarbonyl (C=S) groups is 1. The molecule has 2 aliphatic rings. The van der Waals surface area contributed by atoms with Gasteiger partial charge in [0, 0.05) is 24.5 Å². The molecular formula is C18H19N3O2S2. The van der Waals surface area contributed by atoms with Crippen LogP contribution in [-0.4, -0.2) is 43.9 Å². The van der Waals surface area contributed by atoms with E-state index >= 15 is 0 Å². The lowest BCUT2D eigenvalue weighted by atomic mass is 10.1. The fraction of sp³-hybridized carbons (Fsp3) is 0.333. The Morgan fingerprint density at radius 1 is 1.20 bits per heavy atom. The summed E-state index contributed by atoms with van der Waals surface area (Å²) in [5.41, 5.74) is 3.37. The molecule has 0 spiro atoms. The van der Waals surface area contributed by atoms with Crippen molar-refractivity contribution in [3.05, 3.63) is 41.3 Å². The van der Waals surface area contributed by atoms with Crippen molar-refractivity contribution in [3.63, 3.8) is 0 Å². The zero-order chi connectivity index (χ0) is 17.4. The highest BCUT2D eigenvalue weighted by Gasteiger charge is 2.35. The molecule has 2 fully saturated rings. The van der Waals surface area contributed by atoms with Gasteiger partial charge in [-0.05, 0) is 60.4 Å². The van der Waals surface area contributed by atoms with Crippen LogP contribution in [0, 0.1) is 6.92 Å². The Kier molecular flexibility index (Phi) is 4.45. The predicted molar refractivity (Wildman–Crippen MR) is 106 cm³/mol. The number of hydrogen-bond acceptors (Lipinski definition) is 5. The highest BCUT2D eigenvalue weighted by Crippen LogP contribution is 2.32. The molecule has 130 valence electrons. The zero-order valence-electron chi connectivity index (χ0n) is 14.0. The van der Waals surface area contributed by atoms with Crippen LogP contribution in [0.5, 0.6) is 0 Å². The van der Waals surface area contributed by atoms with Crippen molar-refractivity contribution in [2.75, 3.05) is 47.5 Å². The molecule has 1 amide bonds. The van der Waals surface area contributed by atoms with E-state index in [-0.39, 0.29) is 12.5 Å². The van der Waals surface area contributed by atoms with Crippen molar-refractivity contribution in [2.45, 2.75) is 6.92 Å². The number of rotatable bonds is 3. The Hall–Kier alpha value is -1.96. The average molecular weight is 374 g/mol. The largest absolute Gasteiger partial charge is 0.378 e. The van der Waals surface area contributed by atoms with Crippen LogP contribution in [0.3, 0.4) is 0 Å². The Balaban J connectivity index is 1.59. The second-order valence-corrected chi connectivity index (χ2v) is 7.41. The van der Waals surface area contributed by atoms with Gasteiger partial charge in [-0.25, -0.2) is 4.90 Å². The number of thiophene rings is 1.